The number of halogens is 1. The third-order valence-electron chi connectivity index (χ3n) is 1.62. The minimum absolute atomic E-state index is 0.185. The van der Waals surface area contributed by atoms with Gasteiger partial charge in [-0.05, 0) is 19.1 Å². The molecule has 1 aromatic rings. The Bertz CT molecular complexity index is 344. The number of rotatable bonds is 4. The molecule has 0 saturated heterocycles. The lowest BCUT2D eigenvalue weighted by Gasteiger charge is -2.10. The predicted molar refractivity (Wildman–Crippen MR) is 54.9 cm³/mol. The first-order chi connectivity index (χ1) is 6.77. The highest BCUT2D eigenvalue weighted by atomic mass is 19.1. The van der Waals surface area contributed by atoms with Crippen LogP contribution >= 0.6 is 0 Å². The van der Waals surface area contributed by atoms with Gasteiger partial charge in [-0.3, -0.25) is 0 Å². The van der Waals surface area contributed by atoms with Crippen LogP contribution in [0, 0.1) is 18.2 Å². The van der Waals surface area contributed by atoms with Gasteiger partial charge in [-0.1, -0.05) is 5.92 Å². The third-order valence-corrected chi connectivity index (χ3v) is 1.62. The summed E-state index contributed by atoms with van der Waals surface area (Å²) in [5.41, 5.74) is 0.628. The molecule has 0 atom stereocenters. The van der Waals surface area contributed by atoms with Crippen LogP contribution in [0.5, 0.6) is 5.75 Å². The average molecular weight is 193 g/mol. The molecule has 1 N–H and O–H groups in total. The molecule has 0 radical (unpaired) electrons. The van der Waals surface area contributed by atoms with Crippen LogP contribution in [0.4, 0.5) is 10.1 Å². The Hall–Kier alpha value is -1.69. The molecule has 0 bridgehead atoms. The topological polar surface area (TPSA) is 21.3 Å². The fourth-order valence-electron chi connectivity index (χ4n) is 1.08. The number of benzene rings is 1. The first-order valence-electron chi connectivity index (χ1n) is 4.37. The molecule has 3 heteroatoms. The molecule has 1 rings (SSSR count). The van der Waals surface area contributed by atoms with Crippen LogP contribution in [-0.2, 0) is 0 Å². The number of hydrogen-bond donors (Lipinski definition) is 1. The van der Waals surface area contributed by atoms with E-state index in [2.05, 4.69) is 11.2 Å². The van der Waals surface area contributed by atoms with E-state index in [9.17, 15) is 4.39 Å². The first kappa shape index (κ1) is 10.4. The SMILES string of the molecule is C#CCOc1ccc(F)cc1NCC. The quantitative estimate of drug-likeness (QED) is 0.740. The molecule has 0 saturated carbocycles. The van der Waals surface area contributed by atoms with Gasteiger partial charge in [0.1, 0.15) is 18.2 Å². The molecule has 0 aliphatic rings. The zero-order valence-corrected chi connectivity index (χ0v) is 8.01. The van der Waals surface area contributed by atoms with Gasteiger partial charge in [0.05, 0.1) is 5.69 Å². The van der Waals surface area contributed by atoms with Crippen molar-refractivity contribution in [2.75, 3.05) is 18.5 Å². The molecular weight excluding hydrogens is 181 g/mol. The summed E-state index contributed by atoms with van der Waals surface area (Å²) in [7, 11) is 0. The summed E-state index contributed by atoms with van der Waals surface area (Å²) in [4.78, 5) is 0. The maximum absolute atomic E-state index is 12.9. The van der Waals surface area contributed by atoms with E-state index in [1.165, 1.54) is 12.1 Å². The first-order valence-corrected chi connectivity index (χ1v) is 4.37. The maximum atomic E-state index is 12.9. The molecule has 74 valence electrons. The number of ether oxygens (including phenoxy) is 1. The summed E-state index contributed by atoms with van der Waals surface area (Å²) in [6.45, 7) is 2.82. The molecule has 0 aliphatic heterocycles. The second-order valence-electron chi connectivity index (χ2n) is 2.66. The maximum Gasteiger partial charge on any atom is 0.148 e. The monoisotopic (exact) mass is 193 g/mol. The zero-order valence-electron chi connectivity index (χ0n) is 8.01. The number of nitrogens with one attached hydrogen (secondary N) is 1. The number of terminal acetylenes is 1. The molecule has 0 aromatic heterocycles. The van der Waals surface area contributed by atoms with Gasteiger partial charge in [0.2, 0.25) is 0 Å². The van der Waals surface area contributed by atoms with Crippen molar-refractivity contribution in [2.24, 2.45) is 0 Å². The van der Waals surface area contributed by atoms with Crippen LogP contribution in [0.3, 0.4) is 0 Å². The van der Waals surface area contributed by atoms with E-state index in [0.29, 0.717) is 18.0 Å². The van der Waals surface area contributed by atoms with E-state index in [4.69, 9.17) is 11.2 Å². The van der Waals surface area contributed by atoms with Gasteiger partial charge in [-0.2, -0.15) is 0 Å². The van der Waals surface area contributed by atoms with Crippen molar-refractivity contribution in [3.05, 3.63) is 24.0 Å². The van der Waals surface area contributed by atoms with E-state index < -0.39 is 0 Å². The summed E-state index contributed by atoms with van der Waals surface area (Å²) < 4.78 is 18.1. The van der Waals surface area contributed by atoms with Crippen LogP contribution in [-0.4, -0.2) is 13.2 Å². The Morgan fingerprint density at radius 1 is 1.57 bits per heavy atom. The average Bonchev–Trinajstić information content (AvgIpc) is 2.17. The van der Waals surface area contributed by atoms with Crippen molar-refractivity contribution >= 4 is 5.69 Å². The molecule has 14 heavy (non-hydrogen) atoms. The minimum Gasteiger partial charge on any atom is -0.479 e. The van der Waals surface area contributed by atoms with Gasteiger partial charge in [0, 0.05) is 12.6 Å². The van der Waals surface area contributed by atoms with Crippen molar-refractivity contribution in [2.45, 2.75) is 6.92 Å². The Kier molecular flexibility index (Phi) is 3.81. The summed E-state index contributed by atoms with van der Waals surface area (Å²) in [6, 6.07) is 4.28. The highest BCUT2D eigenvalue weighted by Crippen LogP contribution is 2.24. The molecule has 0 heterocycles. The molecule has 0 aliphatic carbocycles. The molecular formula is C11H12FNO. The van der Waals surface area contributed by atoms with Crippen LogP contribution in [0.2, 0.25) is 0 Å². The van der Waals surface area contributed by atoms with Crippen LogP contribution in [0.1, 0.15) is 6.92 Å². The minimum atomic E-state index is -0.297. The molecule has 0 unspecified atom stereocenters. The lowest BCUT2D eigenvalue weighted by Crippen LogP contribution is -2.02. The second-order valence-corrected chi connectivity index (χ2v) is 2.66. The van der Waals surface area contributed by atoms with Crippen molar-refractivity contribution in [1.82, 2.24) is 0 Å². The van der Waals surface area contributed by atoms with Gasteiger partial charge in [-0.15, -0.1) is 6.42 Å². The molecule has 2 nitrogen and oxygen atoms in total. The standard InChI is InChI=1S/C11H12FNO/c1-3-7-14-11-6-5-9(12)8-10(11)13-4-2/h1,5-6,8,13H,4,7H2,2H3. The van der Waals surface area contributed by atoms with E-state index in [0.717, 1.165) is 0 Å². The highest BCUT2D eigenvalue weighted by Gasteiger charge is 2.03. The largest absolute Gasteiger partial charge is 0.479 e. The lowest BCUT2D eigenvalue weighted by atomic mass is 10.3. The van der Waals surface area contributed by atoms with Crippen LogP contribution in [0.15, 0.2) is 18.2 Å². The Morgan fingerprint density at radius 3 is 3.00 bits per heavy atom. The molecule has 0 fully saturated rings. The van der Waals surface area contributed by atoms with Crippen molar-refractivity contribution in [1.29, 1.82) is 0 Å². The van der Waals surface area contributed by atoms with Crippen LogP contribution in [0.25, 0.3) is 0 Å². The fraction of sp³-hybridized carbons (Fsp3) is 0.273. The van der Waals surface area contributed by atoms with E-state index in [-0.39, 0.29) is 12.4 Å². The van der Waals surface area contributed by atoms with Gasteiger partial charge in [0.25, 0.3) is 0 Å². The van der Waals surface area contributed by atoms with Crippen molar-refractivity contribution in [3.63, 3.8) is 0 Å². The Labute approximate surface area is 83.1 Å². The lowest BCUT2D eigenvalue weighted by molar-refractivity contribution is 0.371. The predicted octanol–water partition coefficient (Wildman–Crippen LogP) is 2.27. The summed E-state index contributed by atoms with van der Waals surface area (Å²) in [6.07, 6.45) is 5.06. The van der Waals surface area contributed by atoms with Crippen LogP contribution < -0.4 is 10.1 Å². The fourth-order valence-corrected chi connectivity index (χ4v) is 1.08. The van der Waals surface area contributed by atoms with E-state index in [1.54, 1.807) is 6.07 Å². The Balaban J connectivity index is 2.85. The highest BCUT2D eigenvalue weighted by molar-refractivity contribution is 5.56. The summed E-state index contributed by atoms with van der Waals surface area (Å²) in [5.74, 6) is 2.63. The number of hydrogen-bond acceptors (Lipinski definition) is 2. The smallest absolute Gasteiger partial charge is 0.148 e. The second kappa shape index (κ2) is 5.13. The van der Waals surface area contributed by atoms with Gasteiger partial charge in [-0.25, -0.2) is 4.39 Å². The molecule has 0 amide bonds. The normalized spacial score (nSPS) is 9.21. The Morgan fingerprint density at radius 2 is 2.36 bits per heavy atom. The summed E-state index contributed by atoms with van der Waals surface area (Å²) >= 11 is 0. The third kappa shape index (κ3) is 2.67. The number of anilines is 1. The van der Waals surface area contributed by atoms with Gasteiger partial charge in [0.15, 0.2) is 0 Å². The summed E-state index contributed by atoms with van der Waals surface area (Å²) in [5, 5.41) is 2.99. The molecule has 1 aromatic carbocycles. The molecule has 0 spiro atoms. The zero-order chi connectivity index (χ0) is 10.4. The van der Waals surface area contributed by atoms with E-state index >= 15 is 0 Å². The van der Waals surface area contributed by atoms with Gasteiger partial charge >= 0.3 is 0 Å². The van der Waals surface area contributed by atoms with E-state index in [1.807, 2.05) is 6.92 Å². The van der Waals surface area contributed by atoms with Crippen molar-refractivity contribution < 1.29 is 9.13 Å². The van der Waals surface area contributed by atoms with Gasteiger partial charge < -0.3 is 10.1 Å². The van der Waals surface area contributed by atoms with Crippen molar-refractivity contribution in [3.8, 4) is 18.1 Å².